The van der Waals surface area contributed by atoms with E-state index in [2.05, 4.69) is 15.3 Å². The number of nitrogens with zero attached hydrogens (tertiary/aromatic N) is 2. The number of methoxy groups -OCH3 is 1. The highest BCUT2D eigenvalue weighted by molar-refractivity contribution is 5.51. The van der Waals surface area contributed by atoms with E-state index in [-0.39, 0.29) is 0 Å². The van der Waals surface area contributed by atoms with Gasteiger partial charge in [-0.1, -0.05) is 13.0 Å². The molecule has 2 rings (SSSR count). The minimum absolute atomic E-state index is 0.549. The average Bonchev–Trinajstić information content (AvgIpc) is 2.50. The molecular weight excluding hydrogens is 266 g/mol. The van der Waals surface area contributed by atoms with Gasteiger partial charge in [-0.15, -0.1) is 0 Å². The van der Waals surface area contributed by atoms with Crippen LogP contribution in [0.1, 0.15) is 23.9 Å². The van der Waals surface area contributed by atoms with Crippen LogP contribution in [0.25, 0.3) is 0 Å². The summed E-state index contributed by atoms with van der Waals surface area (Å²) in [6, 6.07) is 5.81. The molecule has 0 unspecified atom stereocenters. The first-order valence-corrected chi connectivity index (χ1v) is 6.96. The lowest BCUT2D eigenvalue weighted by atomic mass is 10.2. The fourth-order valence-corrected chi connectivity index (χ4v) is 2.00. The second kappa shape index (κ2) is 6.43. The van der Waals surface area contributed by atoms with Gasteiger partial charge in [0.2, 0.25) is 5.88 Å². The van der Waals surface area contributed by atoms with Gasteiger partial charge >= 0.3 is 0 Å². The molecule has 1 aromatic carbocycles. The Balaban J connectivity index is 2.43. The van der Waals surface area contributed by atoms with Crippen molar-refractivity contribution < 1.29 is 9.47 Å². The number of aromatic nitrogens is 2. The van der Waals surface area contributed by atoms with Crippen molar-refractivity contribution in [3.05, 3.63) is 35.2 Å². The maximum absolute atomic E-state index is 5.96. The molecule has 1 N–H and O–H groups in total. The van der Waals surface area contributed by atoms with E-state index in [1.165, 1.54) is 0 Å². The third-order valence-corrected chi connectivity index (χ3v) is 3.23. The van der Waals surface area contributed by atoms with Crippen LogP contribution in [0.4, 0.5) is 5.82 Å². The summed E-state index contributed by atoms with van der Waals surface area (Å²) in [5.74, 6) is 3.41. The number of rotatable bonds is 5. The van der Waals surface area contributed by atoms with Crippen LogP contribution in [-0.4, -0.2) is 24.1 Å². The summed E-state index contributed by atoms with van der Waals surface area (Å²) >= 11 is 0. The van der Waals surface area contributed by atoms with Gasteiger partial charge in [-0.05, 0) is 31.5 Å². The summed E-state index contributed by atoms with van der Waals surface area (Å²) in [4.78, 5) is 8.90. The van der Waals surface area contributed by atoms with Gasteiger partial charge in [0, 0.05) is 13.5 Å². The summed E-state index contributed by atoms with van der Waals surface area (Å²) in [5, 5.41) is 3.07. The zero-order valence-electron chi connectivity index (χ0n) is 13.2. The number of hydrogen-bond acceptors (Lipinski definition) is 5. The number of nitrogens with one attached hydrogen (secondary N) is 1. The zero-order chi connectivity index (χ0) is 15.4. The SMILES string of the molecule is CCc1nc(NC)c(C)c(Oc2ccc(C)cc2OC)n1. The number of anilines is 1. The molecule has 0 saturated heterocycles. The maximum atomic E-state index is 5.96. The Bertz CT molecular complexity index is 642. The largest absolute Gasteiger partial charge is 0.493 e. The lowest BCUT2D eigenvalue weighted by Crippen LogP contribution is -2.05. The van der Waals surface area contributed by atoms with E-state index in [4.69, 9.17) is 9.47 Å². The van der Waals surface area contributed by atoms with Crippen LogP contribution in [0.3, 0.4) is 0 Å². The standard InChI is InChI=1S/C16H21N3O2/c1-6-14-18-15(17-4)11(3)16(19-14)21-12-8-7-10(2)9-13(12)20-5/h7-9H,6H2,1-5H3,(H,17,18,19). The van der Waals surface area contributed by atoms with E-state index in [1.54, 1.807) is 7.11 Å². The molecule has 5 nitrogen and oxygen atoms in total. The summed E-state index contributed by atoms with van der Waals surface area (Å²) < 4.78 is 11.3. The van der Waals surface area contributed by atoms with Crippen molar-refractivity contribution in [1.82, 2.24) is 9.97 Å². The molecule has 0 aliphatic heterocycles. The van der Waals surface area contributed by atoms with E-state index in [0.29, 0.717) is 17.4 Å². The number of aryl methyl sites for hydroxylation is 2. The van der Waals surface area contributed by atoms with Gasteiger partial charge in [-0.2, -0.15) is 4.98 Å². The molecule has 0 radical (unpaired) electrons. The lowest BCUT2D eigenvalue weighted by molar-refractivity contribution is 0.372. The molecular formula is C16H21N3O2. The van der Waals surface area contributed by atoms with E-state index in [0.717, 1.165) is 29.2 Å². The molecule has 0 atom stereocenters. The summed E-state index contributed by atoms with van der Waals surface area (Å²) in [6.45, 7) is 5.96. The van der Waals surface area contributed by atoms with Gasteiger partial charge < -0.3 is 14.8 Å². The van der Waals surface area contributed by atoms with Crippen LogP contribution in [0.15, 0.2) is 18.2 Å². The van der Waals surface area contributed by atoms with Gasteiger partial charge in [0.15, 0.2) is 11.5 Å². The maximum Gasteiger partial charge on any atom is 0.227 e. The summed E-state index contributed by atoms with van der Waals surface area (Å²) in [5.41, 5.74) is 1.99. The van der Waals surface area contributed by atoms with Crippen LogP contribution in [0.5, 0.6) is 17.4 Å². The molecule has 0 spiro atoms. The van der Waals surface area contributed by atoms with E-state index in [1.807, 2.05) is 46.0 Å². The quantitative estimate of drug-likeness (QED) is 0.912. The van der Waals surface area contributed by atoms with E-state index >= 15 is 0 Å². The third kappa shape index (κ3) is 3.24. The molecule has 0 amide bonds. The van der Waals surface area contributed by atoms with Crippen molar-refractivity contribution in [3.8, 4) is 17.4 Å². The molecule has 1 heterocycles. The topological polar surface area (TPSA) is 56.3 Å². The van der Waals surface area contributed by atoms with Crippen molar-refractivity contribution in [1.29, 1.82) is 0 Å². The third-order valence-electron chi connectivity index (χ3n) is 3.23. The molecule has 0 aliphatic rings. The first kappa shape index (κ1) is 15.1. The van der Waals surface area contributed by atoms with Crippen molar-refractivity contribution in [2.24, 2.45) is 0 Å². The predicted octanol–water partition coefficient (Wildman–Crippen LogP) is 3.50. The highest BCUT2D eigenvalue weighted by Gasteiger charge is 2.13. The van der Waals surface area contributed by atoms with Crippen molar-refractivity contribution in [2.45, 2.75) is 27.2 Å². The van der Waals surface area contributed by atoms with Crippen LogP contribution >= 0.6 is 0 Å². The number of ether oxygens (including phenoxy) is 2. The first-order valence-electron chi connectivity index (χ1n) is 6.96. The van der Waals surface area contributed by atoms with Gasteiger partial charge in [0.1, 0.15) is 11.6 Å². The average molecular weight is 287 g/mol. The van der Waals surface area contributed by atoms with Crippen LogP contribution < -0.4 is 14.8 Å². The van der Waals surface area contributed by atoms with Crippen molar-refractivity contribution in [3.63, 3.8) is 0 Å². The Morgan fingerprint density at radius 3 is 2.52 bits per heavy atom. The van der Waals surface area contributed by atoms with Crippen LogP contribution in [-0.2, 0) is 6.42 Å². The van der Waals surface area contributed by atoms with Gasteiger partial charge in [-0.3, -0.25) is 0 Å². The first-order chi connectivity index (χ1) is 10.1. The normalized spacial score (nSPS) is 10.3. The van der Waals surface area contributed by atoms with E-state index < -0.39 is 0 Å². The Hall–Kier alpha value is -2.30. The Morgan fingerprint density at radius 1 is 1.14 bits per heavy atom. The minimum atomic E-state index is 0.549. The molecule has 0 fully saturated rings. The molecule has 21 heavy (non-hydrogen) atoms. The fraction of sp³-hybridized carbons (Fsp3) is 0.375. The molecule has 2 aromatic rings. The highest BCUT2D eigenvalue weighted by Crippen LogP contribution is 2.34. The Morgan fingerprint density at radius 2 is 1.90 bits per heavy atom. The van der Waals surface area contributed by atoms with Crippen molar-refractivity contribution in [2.75, 3.05) is 19.5 Å². The van der Waals surface area contributed by atoms with Crippen LogP contribution in [0.2, 0.25) is 0 Å². The van der Waals surface area contributed by atoms with Gasteiger partial charge in [0.05, 0.1) is 12.7 Å². The Labute approximate surface area is 125 Å². The van der Waals surface area contributed by atoms with E-state index in [9.17, 15) is 0 Å². The molecule has 5 heteroatoms. The molecule has 1 aromatic heterocycles. The van der Waals surface area contributed by atoms with Crippen molar-refractivity contribution >= 4 is 5.82 Å². The minimum Gasteiger partial charge on any atom is -0.493 e. The van der Waals surface area contributed by atoms with Crippen LogP contribution in [0, 0.1) is 13.8 Å². The molecule has 0 bridgehead atoms. The molecule has 0 aliphatic carbocycles. The number of hydrogen-bond donors (Lipinski definition) is 1. The lowest BCUT2D eigenvalue weighted by Gasteiger charge is -2.14. The van der Waals surface area contributed by atoms with Gasteiger partial charge in [-0.25, -0.2) is 4.98 Å². The second-order valence-corrected chi connectivity index (χ2v) is 4.78. The predicted molar refractivity (Wildman–Crippen MR) is 83.5 cm³/mol. The fourth-order valence-electron chi connectivity index (χ4n) is 2.00. The highest BCUT2D eigenvalue weighted by atomic mass is 16.5. The molecule has 112 valence electrons. The monoisotopic (exact) mass is 287 g/mol. The summed E-state index contributed by atoms with van der Waals surface area (Å²) in [6.07, 6.45) is 0.746. The van der Waals surface area contributed by atoms with Gasteiger partial charge in [0.25, 0.3) is 0 Å². The smallest absolute Gasteiger partial charge is 0.227 e. The molecule has 0 saturated carbocycles. The zero-order valence-corrected chi connectivity index (χ0v) is 13.2. The second-order valence-electron chi connectivity index (χ2n) is 4.78. The summed E-state index contributed by atoms with van der Waals surface area (Å²) in [7, 11) is 3.47. The Kier molecular flexibility index (Phi) is 4.62. The number of benzene rings is 1.